The number of nitrogens with zero attached hydrogens (tertiary/aromatic N) is 2. The highest BCUT2D eigenvalue weighted by atomic mass is 19.3. The van der Waals surface area contributed by atoms with Gasteiger partial charge in [0.25, 0.3) is 5.92 Å². The van der Waals surface area contributed by atoms with Gasteiger partial charge in [-0.05, 0) is 11.6 Å². The van der Waals surface area contributed by atoms with Crippen LogP contribution in [0.1, 0.15) is 12.5 Å². The second-order valence-corrected chi connectivity index (χ2v) is 4.04. The first kappa shape index (κ1) is 11.6. The monoisotopic (exact) mass is 237 g/mol. The molecule has 0 atom stereocenters. The molecular formula is C12H13F2N3. The molecule has 1 heterocycles. The van der Waals surface area contributed by atoms with Gasteiger partial charge in [-0.15, -0.1) is 0 Å². The van der Waals surface area contributed by atoms with Crippen molar-refractivity contribution in [2.45, 2.75) is 12.8 Å². The van der Waals surface area contributed by atoms with Crippen LogP contribution in [-0.4, -0.2) is 9.78 Å². The molecule has 0 aliphatic carbocycles. The van der Waals surface area contributed by atoms with Gasteiger partial charge in [-0.25, -0.2) is 8.78 Å². The Hall–Kier alpha value is -1.91. The van der Waals surface area contributed by atoms with E-state index in [4.69, 9.17) is 5.73 Å². The molecule has 0 amide bonds. The summed E-state index contributed by atoms with van der Waals surface area (Å²) in [7, 11) is 1.71. The summed E-state index contributed by atoms with van der Waals surface area (Å²) in [4.78, 5) is 0. The molecular weight excluding hydrogens is 224 g/mol. The van der Waals surface area contributed by atoms with E-state index in [9.17, 15) is 8.78 Å². The average Bonchev–Trinajstić information content (AvgIpc) is 2.59. The fourth-order valence-electron chi connectivity index (χ4n) is 1.63. The van der Waals surface area contributed by atoms with Gasteiger partial charge in [-0.3, -0.25) is 4.68 Å². The zero-order valence-electron chi connectivity index (χ0n) is 9.61. The number of alkyl halides is 2. The summed E-state index contributed by atoms with van der Waals surface area (Å²) < 4.78 is 27.9. The molecule has 2 rings (SSSR count). The third-order valence-corrected chi connectivity index (χ3v) is 2.67. The predicted octanol–water partition coefficient (Wildman–Crippen LogP) is 2.78. The van der Waals surface area contributed by atoms with Gasteiger partial charge in [-0.1, -0.05) is 18.2 Å². The Balaban J connectivity index is 2.51. The minimum absolute atomic E-state index is 0.0294. The number of hydrogen-bond donors (Lipinski definition) is 1. The Morgan fingerprint density at radius 3 is 2.59 bits per heavy atom. The molecule has 5 heteroatoms. The molecule has 17 heavy (non-hydrogen) atoms. The van der Waals surface area contributed by atoms with Crippen molar-refractivity contribution in [1.29, 1.82) is 0 Å². The van der Waals surface area contributed by atoms with E-state index in [1.807, 2.05) is 0 Å². The Bertz CT molecular complexity index is 541. The molecule has 0 aliphatic rings. The lowest BCUT2D eigenvalue weighted by molar-refractivity contribution is 0.0175. The third kappa shape index (κ3) is 2.13. The lowest BCUT2D eigenvalue weighted by Gasteiger charge is -2.11. The van der Waals surface area contributed by atoms with Crippen LogP contribution in [0, 0.1) is 0 Å². The van der Waals surface area contributed by atoms with Crippen LogP contribution < -0.4 is 5.73 Å². The smallest absolute Gasteiger partial charge is 0.270 e. The van der Waals surface area contributed by atoms with Gasteiger partial charge in [0, 0.05) is 25.1 Å². The van der Waals surface area contributed by atoms with Crippen molar-refractivity contribution >= 4 is 5.82 Å². The quantitative estimate of drug-likeness (QED) is 0.872. The topological polar surface area (TPSA) is 43.8 Å². The van der Waals surface area contributed by atoms with E-state index in [-0.39, 0.29) is 5.56 Å². The number of hydrogen-bond acceptors (Lipinski definition) is 2. The molecule has 0 saturated carbocycles. The molecule has 1 aromatic carbocycles. The second kappa shape index (κ2) is 3.84. The number of aromatic nitrogens is 2. The zero-order valence-corrected chi connectivity index (χ0v) is 9.61. The number of aryl methyl sites for hydroxylation is 1. The summed E-state index contributed by atoms with van der Waals surface area (Å²) in [5.74, 6) is -2.39. The van der Waals surface area contributed by atoms with Crippen molar-refractivity contribution in [2.75, 3.05) is 5.73 Å². The van der Waals surface area contributed by atoms with Crippen molar-refractivity contribution in [3.8, 4) is 11.1 Å². The molecule has 0 fully saturated rings. The van der Waals surface area contributed by atoms with Crippen molar-refractivity contribution < 1.29 is 8.78 Å². The van der Waals surface area contributed by atoms with Crippen molar-refractivity contribution in [1.82, 2.24) is 9.78 Å². The summed E-state index contributed by atoms with van der Waals surface area (Å²) in [6, 6.07) is 6.17. The molecule has 90 valence electrons. The first-order chi connectivity index (χ1) is 7.89. The standard InChI is InChI=1S/C12H13F2N3/c1-12(13,14)9-5-3-4-8(6-9)10-7-16-17(2)11(10)15/h3-7H,15H2,1-2H3. The molecule has 3 nitrogen and oxygen atoms in total. The van der Waals surface area contributed by atoms with Crippen molar-refractivity contribution in [2.24, 2.45) is 7.05 Å². The fourth-order valence-corrected chi connectivity index (χ4v) is 1.63. The maximum Gasteiger partial charge on any atom is 0.270 e. The van der Waals surface area contributed by atoms with E-state index in [0.29, 0.717) is 16.9 Å². The van der Waals surface area contributed by atoms with Gasteiger partial charge in [0.2, 0.25) is 0 Å². The maximum atomic E-state index is 13.2. The van der Waals surface area contributed by atoms with Crippen LogP contribution in [-0.2, 0) is 13.0 Å². The number of halogens is 2. The summed E-state index contributed by atoms with van der Waals surface area (Å²) in [6.07, 6.45) is 1.57. The normalized spacial score (nSPS) is 11.8. The van der Waals surface area contributed by atoms with Crippen LogP contribution in [0.25, 0.3) is 11.1 Å². The van der Waals surface area contributed by atoms with Gasteiger partial charge in [0.1, 0.15) is 5.82 Å². The third-order valence-electron chi connectivity index (χ3n) is 2.67. The van der Waals surface area contributed by atoms with E-state index in [1.54, 1.807) is 25.4 Å². The van der Waals surface area contributed by atoms with Gasteiger partial charge in [0.15, 0.2) is 0 Å². The van der Waals surface area contributed by atoms with Crippen LogP contribution in [0.3, 0.4) is 0 Å². The van der Waals surface area contributed by atoms with E-state index in [0.717, 1.165) is 6.92 Å². The SMILES string of the molecule is Cn1ncc(-c2cccc(C(C)(F)F)c2)c1N. The van der Waals surface area contributed by atoms with E-state index in [2.05, 4.69) is 5.10 Å². The Kier molecular flexibility index (Phi) is 2.61. The van der Waals surface area contributed by atoms with E-state index >= 15 is 0 Å². The molecule has 0 bridgehead atoms. The molecule has 0 aliphatic heterocycles. The minimum atomic E-state index is -2.85. The van der Waals surface area contributed by atoms with Crippen LogP contribution >= 0.6 is 0 Å². The van der Waals surface area contributed by atoms with Gasteiger partial charge in [-0.2, -0.15) is 5.10 Å². The molecule has 2 N–H and O–H groups in total. The minimum Gasteiger partial charge on any atom is -0.383 e. The lowest BCUT2D eigenvalue weighted by Crippen LogP contribution is -2.06. The Morgan fingerprint density at radius 2 is 2.06 bits per heavy atom. The predicted molar refractivity (Wildman–Crippen MR) is 62.6 cm³/mol. The second-order valence-electron chi connectivity index (χ2n) is 4.04. The summed E-state index contributed by atoms with van der Waals surface area (Å²) >= 11 is 0. The molecule has 2 aromatic rings. The highest BCUT2D eigenvalue weighted by Gasteiger charge is 2.24. The Morgan fingerprint density at radius 1 is 1.35 bits per heavy atom. The zero-order chi connectivity index (χ0) is 12.6. The van der Waals surface area contributed by atoms with Crippen LogP contribution in [0.5, 0.6) is 0 Å². The number of nitrogens with two attached hydrogens (primary N) is 1. The van der Waals surface area contributed by atoms with Gasteiger partial charge < -0.3 is 5.73 Å². The lowest BCUT2D eigenvalue weighted by atomic mass is 10.0. The van der Waals surface area contributed by atoms with Crippen LogP contribution in [0.2, 0.25) is 0 Å². The summed E-state index contributed by atoms with van der Waals surface area (Å²) in [5, 5.41) is 3.99. The summed E-state index contributed by atoms with van der Waals surface area (Å²) in [6.45, 7) is 0.874. The molecule has 0 unspecified atom stereocenters. The molecule has 0 spiro atoms. The maximum absolute atomic E-state index is 13.2. The van der Waals surface area contributed by atoms with E-state index < -0.39 is 5.92 Å². The van der Waals surface area contributed by atoms with Gasteiger partial charge >= 0.3 is 0 Å². The van der Waals surface area contributed by atoms with Gasteiger partial charge in [0.05, 0.1) is 6.20 Å². The highest BCUT2D eigenvalue weighted by molar-refractivity contribution is 5.73. The number of rotatable bonds is 2. The fraction of sp³-hybridized carbons (Fsp3) is 0.250. The van der Waals surface area contributed by atoms with Crippen LogP contribution in [0.15, 0.2) is 30.5 Å². The molecule has 0 saturated heterocycles. The van der Waals surface area contributed by atoms with Crippen LogP contribution in [0.4, 0.5) is 14.6 Å². The van der Waals surface area contributed by atoms with Crippen molar-refractivity contribution in [3.05, 3.63) is 36.0 Å². The average molecular weight is 237 g/mol. The first-order valence-corrected chi connectivity index (χ1v) is 5.16. The number of benzene rings is 1. The van der Waals surface area contributed by atoms with Crippen molar-refractivity contribution in [3.63, 3.8) is 0 Å². The number of nitrogen functional groups attached to an aromatic ring is 1. The summed E-state index contributed by atoms with van der Waals surface area (Å²) in [5.41, 5.74) is 7.09. The van der Waals surface area contributed by atoms with E-state index in [1.165, 1.54) is 16.8 Å². The molecule has 0 radical (unpaired) electrons. The Labute approximate surface area is 97.9 Å². The first-order valence-electron chi connectivity index (χ1n) is 5.16. The number of anilines is 1. The highest BCUT2D eigenvalue weighted by Crippen LogP contribution is 2.32. The molecule has 1 aromatic heterocycles. The largest absolute Gasteiger partial charge is 0.383 e.